The quantitative estimate of drug-likeness (QED) is 0.895. The number of β-amino-alcohol motifs (C(OH)–C–C–N with tert-alkyl or cyclic N) is 1. The zero-order chi connectivity index (χ0) is 13.5. The summed E-state index contributed by atoms with van der Waals surface area (Å²) < 4.78 is 10.5. The molecule has 1 amide bonds. The van der Waals surface area contributed by atoms with Gasteiger partial charge in [0.15, 0.2) is 11.5 Å². The molecule has 102 valence electrons. The maximum atomic E-state index is 12.2. The zero-order valence-electron chi connectivity index (χ0n) is 10.9. The van der Waals surface area contributed by atoms with Crippen molar-refractivity contribution < 1.29 is 19.4 Å². The molecule has 19 heavy (non-hydrogen) atoms. The van der Waals surface area contributed by atoms with Gasteiger partial charge < -0.3 is 19.5 Å². The second kappa shape index (κ2) is 4.42. The number of carbonyl (C=O) groups is 1. The van der Waals surface area contributed by atoms with Crippen LogP contribution in [0.3, 0.4) is 0 Å². The summed E-state index contributed by atoms with van der Waals surface area (Å²) in [5, 5.41) is 10.1. The summed E-state index contributed by atoms with van der Waals surface area (Å²) in [6.07, 6.45) is 1.65. The summed E-state index contributed by atoms with van der Waals surface area (Å²) in [7, 11) is 0. The highest BCUT2D eigenvalue weighted by Crippen LogP contribution is 2.34. The molecule has 1 N–H and O–H groups in total. The Balaban J connectivity index is 1.69. The Kier molecular flexibility index (Phi) is 2.86. The van der Waals surface area contributed by atoms with E-state index in [1.807, 2.05) is 6.92 Å². The zero-order valence-corrected chi connectivity index (χ0v) is 10.9. The molecule has 0 saturated carbocycles. The summed E-state index contributed by atoms with van der Waals surface area (Å²) in [4.78, 5) is 13.9. The number of fused-ring (bicyclic) bond motifs is 1. The van der Waals surface area contributed by atoms with Gasteiger partial charge in [-0.1, -0.05) is 13.3 Å². The first-order valence-electron chi connectivity index (χ1n) is 6.53. The van der Waals surface area contributed by atoms with Crippen LogP contribution in [0, 0.1) is 0 Å². The lowest BCUT2D eigenvalue weighted by Crippen LogP contribution is -2.63. The van der Waals surface area contributed by atoms with Gasteiger partial charge in [-0.2, -0.15) is 0 Å². The largest absolute Gasteiger partial charge is 0.454 e. The number of aliphatic hydroxyl groups is 1. The molecule has 1 saturated heterocycles. The molecule has 5 heteroatoms. The first-order chi connectivity index (χ1) is 9.11. The van der Waals surface area contributed by atoms with E-state index in [-0.39, 0.29) is 12.7 Å². The lowest BCUT2D eigenvalue weighted by molar-refractivity contribution is -0.0860. The molecule has 0 aliphatic carbocycles. The number of carbonyl (C=O) groups excluding carboxylic acids is 1. The molecule has 0 atom stereocenters. The van der Waals surface area contributed by atoms with E-state index < -0.39 is 5.60 Å². The monoisotopic (exact) mass is 263 g/mol. The van der Waals surface area contributed by atoms with Crippen LogP contribution in [-0.2, 0) is 0 Å². The molecule has 0 bridgehead atoms. The van der Waals surface area contributed by atoms with E-state index in [1.54, 1.807) is 23.1 Å². The topological polar surface area (TPSA) is 59.0 Å². The normalized spacial score (nSPS) is 19.2. The molecule has 1 aromatic carbocycles. The van der Waals surface area contributed by atoms with E-state index >= 15 is 0 Å². The van der Waals surface area contributed by atoms with Gasteiger partial charge in [0.25, 0.3) is 5.91 Å². The van der Waals surface area contributed by atoms with Crippen molar-refractivity contribution in [2.75, 3.05) is 19.9 Å². The minimum absolute atomic E-state index is 0.0703. The Bertz CT molecular complexity index is 508. The van der Waals surface area contributed by atoms with Gasteiger partial charge in [0.05, 0.1) is 18.7 Å². The summed E-state index contributed by atoms with van der Waals surface area (Å²) in [6, 6.07) is 5.17. The van der Waals surface area contributed by atoms with Crippen molar-refractivity contribution in [2.24, 2.45) is 0 Å². The van der Waals surface area contributed by atoms with Crippen molar-refractivity contribution in [3.05, 3.63) is 23.8 Å². The second-order valence-electron chi connectivity index (χ2n) is 5.20. The highest BCUT2D eigenvalue weighted by molar-refractivity contribution is 5.95. The molecule has 2 heterocycles. The number of benzene rings is 1. The fourth-order valence-corrected chi connectivity index (χ4v) is 2.64. The number of hydrogen-bond acceptors (Lipinski definition) is 4. The van der Waals surface area contributed by atoms with Crippen LogP contribution in [0.2, 0.25) is 0 Å². The first-order valence-corrected chi connectivity index (χ1v) is 6.53. The minimum atomic E-state index is -0.694. The summed E-state index contributed by atoms with van der Waals surface area (Å²) >= 11 is 0. The van der Waals surface area contributed by atoms with E-state index in [1.165, 1.54) is 0 Å². The standard InChI is InChI=1S/C14H17NO4/c1-2-5-14(17)7-15(8-14)13(16)10-3-4-11-12(6-10)19-9-18-11/h3-4,6,17H,2,5,7-9H2,1H3. The molecule has 1 fully saturated rings. The van der Waals surface area contributed by atoms with Crippen LogP contribution in [-0.4, -0.2) is 41.4 Å². The van der Waals surface area contributed by atoms with Gasteiger partial charge in [0.1, 0.15) is 0 Å². The average molecular weight is 263 g/mol. The van der Waals surface area contributed by atoms with E-state index in [9.17, 15) is 9.90 Å². The smallest absolute Gasteiger partial charge is 0.254 e. The Labute approximate surface area is 111 Å². The lowest BCUT2D eigenvalue weighted by Gasteiger charge is -2.46. The molecular weight excluding hydrogens is 246 g/mol. The van der Waals surface area contributed by atoms with Crippen molar-refractivity contribution >= 4 is 5.91 Å². The molecule has 2 aliphatic rings. The molecular formula is C14H17NO4. The predicted molar refractivity (Wildman–Crippen MR) is 68.3 cm³/mol. The predicted octanol–water partition coefficient (Wildman–Crippen LogP) is 1.40. The third-order valence-electron chi connectivity index (χ3n) is 3.59. The molecule has 2 aliphatic heterocycles. The molecule has 3 rings (SSSR count). The number of likely N-dealkylation sites (tertiary alicyclic amines) is 1. The fourth-order valence-electron chi connectivity index (χ4n) is 2.64. The number of hydrogen-bond donors (Lipinski definition) is 1. The van der Waals surface area contributed by atoms with E-state index in [2.05, 4.69) is 0 Å². The van der Waals surface area contributed by atoms with Crippen molar-refractivity contribution in [1.29, 1.82) is 0 Å². The Morgan fingerprint density at radius 2 is 2.11 bits per heavy atom. The van der Waals surface area contributed by atoms with E-state index in [0.29, 0.717) is 30.2 Å². The van der Waals surface area contributed by atoms with Gasteiger partial charge in [0.2, 0.25) is 6.79 Å². The molecule has 0 unspecified atom stereocenters. The van der Waals surface area contributed by atoms with Crippen LogP contribution < -0.4 is 9.47 Å². The van der Waals surface area contributed by atoms with Crippen molar-refractivity contribution in [2.45, 2.75) is 25.4 Å². The molecule has 0 aromatic heterocycles. The van der Waals surface area contributed by atoms with Gasteiger partial charge in [-0.05, 0) is 24.6 Å². The molecule has 1 aromatic rings. The van der Waals surface area contributed by atoms with Crippen LogP contribution in [0.15, 0.2) is 18.2 Å². The van der Waals surface area contributed by atoms with Crippen LogP contribution in [0.25, 0.3) is 0 Å². The summed E-state index contributed by atoms with van der Waals surface area (Å²) in [6.45, 7) is 3.05. The summed E-state index contributed by atoms with van der Waals surface area (Å²) in [5.74, 6) is 1.21. The van der Waals surface area contributed by atoms with Crippen LogP contribution in [0.1, 0.15) is 30.1 Å². The molecule has 0 radical (unpaired) electrons. The number of nitrogens with zero attached hydrogens (tertiary/aromatic N) is 1. The highest BCUT2D eigenvalue weighted by Gasteiger charge is 2.42. The summed E-state index contributed by atoms with van der Waals surface area (Å²) in [5.41, 5.74) is -0.122. The second-order valence-corrected chi connectivity index (χ2v) is 5.20. The maximum Gasteiger partial charge on any atom is 0.254 e. The first kappa shape index (κ1) is 12.3. The Hall–Kier alpha value is -1.75. The van der Waals surface area contributed by atoms with Crippen molar-refractivity contribution in [3.63, 3.8) is 0 Å². The Morgan fingerprint density at radius 1 is 1.37 bits per heavy atom. The van der Waals surface area contributed by atoms with Gasteiger partial charge in [-0.15, -0.1) is 0 Å². The average Bonchev–Trinajstić information content (AvgIpc) is 2.82. The van der Waals surface area contributed by atoms with Gasteiger partial charge >= 0.3 is 0 Å². The molecule has 0 spiro atoms. The van der Waals surface area contributed by atoms with Gasteiger partial charge in [-0.25, -0.2) is 0 Å². The van der Waals surface area contributed by atoms with Crippen molar-refractivity contribution in [1.82, 2.24) is 4.90 Å². The molecule has 5 nitrogen and oxygen atoms in total. The van der Waals surface area contributed by atoms with E-state index in [0.717, 1.165) is 12.8 Å². The highest BCUT2D eigenvalue weighted by atomic mass is 16.7. The van der Waals surface area contributed by atoms with Crippen molar-refractivity contribution in [3.8, 4) is 11.5 Å². The van der Waals surface area contributed by atoms with Crippen LogP contribution >= 0.6 is 0 Å². The van der Waals surface area contributed by atoms with Gasteiger partial charge in [-0.3, -0.25) is 4.79 Å². The maximum absolute atomic E-state index is 12.2. The Morgan fingerprint density at radius 3 is 2.84 bits per heavy atom. The number of amides is 1. The van der Waals surface area contributed by atoms with Crippen LogP contribution in [0.5, 0.6) is 11.5 Å². The SMILES string of the molecule is CCCC1(O)CN(C(=O)c2ccc3c(c2)OCO3)C1. The lowest BCUT2D eigenvalue weighted by atomic mass is 9.89. The third kappa shape index (κ3) is 2.14. The third-order valence-corrected chi connectivity index (χ3v) is 3.59. The van der Waals surface area contributed by atoms with Gasteiger partial charge in [0, 0.05) is 5.56 Å². The minimum Gasteiger partial charge on any atom is -0.454 e. The number of ether oxygens (including phenoxy) is 2. The fraction of sp³-hybridized carbons (Fsp3) is 0.500. The van der Waals surface area contributed by atoms with E-state index in [4.69, 9.17) is 9.47 Å². The number of rotatable bonds is 3. The van der Waals surface area contributed by atoms with Crippen LogP contribution in [0.4, 0.5) is 0 Å².